The van der Waals surface area contributed by atoms with Crippen LogP contribution in [0.15, 0.2) is 18.6 Å². The predicted molar refractivity (Wildman–Crippen MR) is 68.3 cm³/mol. The zero-order valence-corrected chi connectivity index (χ0v) is 10.3. The smallest absolute Gasteiger partial charge is 0.0762 e. The van der Waals surface area contributed by atoms with E-state index < -0.39 is 0 Å². The molecule has 1 unspecified atom stereocenters. The zero-order valence-electron chi connectivity index (χ0n) is 9.51. The molecule has 0 radical (unpaired) electrons. The highest BCUT2D eigenvalue weighted by Gasteiger charge is 2.16. The van der Waals surface area contributed by atoms with Crippen LogP contribution in [0.5, 0.6) is 0 Å². The van der Waals surface area contributed by atoms with Crippen LogP contribution in [0.4, 0.5) is 0 Å². The average Bonchev–Trinajstić information content (AvgIpc) is 2.38. The first kappa shape index (κ1) is 11.9. The van der Waals surface area contributed by atoms with E-state index in [9.17, 15) is 0 Å². The molecular weight excluding hydrogens is 218 g/mol. The first-order valence-corrected chi connectivity index (χ1v) is 7.04. The highest BCUT2D eigenvalue weighted by molar-refractivity contribution is 7.99. The van der Waals surface area contributed by atoms with Gasteiger partial charge >= 0.3 is 0 Å². The van der Waals surface area contributed by atoms with Gasteiger partial charge in [0.05, 0.1) is 11.7 Å². The van der Waals surface area contributed by atoms with E-state index in [0.717, 1.165) is 16.7 Å². The van der Waals surface area contributed by atoms with E-state index in [1.54, 1.807) is 18.6 Å². The summed E-state index contributed by atoms with van der Waals surface area (Å²) in [6.07, 6.45) is 12.1. The molecule has 4 heteroatoms. The van der Waals surface area contributed by atoms with Gasteiger partial charge in [0.25, 0.3) is 0 Å². The van der Waals surface area contributed by atoms with Crippen molar-refractivity contribution in [3.63, 3.8) is 0 Å². The molecule has 0 aromatic carbocycles. The van der Waals surface area contributed by atoms with Crippen LogP contribution in [0.2, 0.25) is 0 Å². The van der Waals surface area contributed by atoms with E-state index in [0.29, 0.717) is 0 Å². The van der Waals surface area contributed by atoms with Crippen molar-refractivity contribution in [1.29, 1.82) is 0 Å². The third-order valence-corrected chi connectivity index (χ3v) is 4.52. The SMILES string of the molecule is NC(CSC1CCCCC1)c1cnccn1. The monoisotopic (exact) mass is 237 g/mol. The fraction of sp³-hybridized carbons (Fsp3) is 0.667. The normalized spacial score (nSPS) is 19.6. The molecule has 16 heavy (non-hydrogen) atoms. The molecule has 2 rings (SSSR count). The lowest BCUT2D eigenvalue weighted by molar-refractivity contribution is 0.515. The molecule has 0 amide bonds. The first-order valence-electron chi connectivity index (χ1n) is 5.99. The maximum atomic E-state index is 6.09. The van der Waals surface area contributed by atoms with E-state index in [-0.39, 0.29) is 6.04 Å². The van der Waals surface area contributed by atoms with E-state index in [1.807, 2.05) is 11.8 Å². The summed E-state index contributed by atoms with van der Waals surface area (Å²) in [5, 5.41) is 0.816. The number of hydrogen-bond acceptors (Lipinski definition) is 4. The van der Waals surface area contributed by atoms with Crippen LogP contribution < -0.4 is 5.73 Å². The molecular formula is C12H19N3S. The van der Waals surface area contributed by atoms with Crippen molar-refractivity contribution in [2.75, 3.05) is 5.75 Å². The van der Waals surface area contributed by atoms with E-state index >= 15 is 0 Å². The summed E-state index contributed by atoms with van der Waals surface area (Å²) >= 11 is 2.01. The van der Waals surface area contributed by atoms with Crippen molar-refractivity contribution < 1.29 is 0 Å². The van der Waals surface area contributed by atoms with Gasteiger partial charge in [-0.25, -0.2) is 0 Å². The van der Waals surface area contributed by atoms with Crippen LogP contribution in [0.3, 0.4) is 0 Å². The minimum absolute atomic E-state index is 0.0284. The zero-order chi connectivity index (χ0) is 11.2. The number of rotatable bonds is 4. The molecule has 1 heterocycles. The van der Waals surface area contributed by atoms with Crippen molar-refractivity contribution in [3.8, 4) is 0 Å². The van der Waals surface area contributed by atoms with Gasteiger partial charge in [0.2, 0.25) is 0 Å². The number of aromatic nitrogens is 2. The molecule has 1 atom stereocenters. The Morgan fingerprint density at radius 2 is 2.12 bits per heavy atom. The molecule has 88 valence electrons. The standard InChI is InChI=1S/C12H19N3S/c13-11(12-8-14-6-7-15-12)9-16-10-4-2-1-3-5-10/h6-8,10-11H,1-5,9,13H2. The van der Waals surface area contributed by atoms with Gasteiger partial charge < -0.3 is 5.73 Å². The number of hydrogen-bond donors (Lipinski definition) is 1. The van der Waals surface area contributed by atoms with Gasteiger partial charge in [0, 0.05) is 29.6 Å². The van der Waals surface area contributed by atoms with Crippen molar-refractivity contribution in [2.24, 2.45) is 5.73 Å². The molecule has 1 saturated carbocycles. The fourth-order valence-corrected chi connectivity index (χ4v) is 3.38. The van der Waals surface area contributed by atoms with Crippen molar-refractivity contribution in [1.82, 2.24) is 9.97 Å². The maximum absolute atomic E-state index is 6.09. The Kier molecular flexibility index (Phi) is 4.60. The van der Waals surface area contributed by atoms with Crippen molar-refractivity contribution >= 4 is 11.8 Å². The van der Waals surface area contributed by atoms with Crippen molar-refractivity contribution in [2.45, 2.75) is 43.4 Å². The molecule has 2 N–H and O–H groups in total. The molecule has 1 aliphatic carbocycles. The largest absolute Gasteiger partial charge is 0.322 e. The Bertz CT molecular complexity index is 298. The highest BCUT2D eigenvalue weighted by atomic mass is 32.2. The Balaban J connectivity index is 1.77. The summed E-state index contributed by atoms with van der Waals surface area (Å²) in [5.41, 5.74) is 7.00. The topological polar surface area (TPSA) is 51.8 Å². The van der Waals surface area contributed by atoms with Gasteiger partial charge in [-0.15, -0.1) is 0 Å². The third kappa shape index (κ3) is 3.46. The summed E-state index contributed by atoms with van der Waals surface area (Å²) in [6, 6.07) is 0.0284. The van der Waals surface area contributed by atoms with Gasteiger partial charge in [0.15, 0.2) is 0 Å². The van der Waals surface area contributed by atoms with Crippen LogP contribution in [0.25, 0.3) is 0 Å². The molecule has 0 spiro atoms. The molecule has 1 aliphatic rings. The third-order valence-electron chi connectivity index (χ3n) is 3.03. The fourth-order valence-electron chi connectivity index (χ4n) is 2.06. The minimum Gasteiger partial charge on any atom is -0.322 e. The summed E-state index contributed by atoms with van der Waals surface area (Å²) < 4.78 is 0. The van der Waals surface area contributed by atoms with E-state index in [4.69, 9.17) is 5.73 Å². The molecule has 0 aliphatic heterocycles. The van der Waals surface area contributed by atoms with Gasteiger partial charge in [0.1, 0.15) is 0 Å². The van der Waals surface area contributed by atoms with Crippen LogP contribution in [-0.2, 0) is 0 Å². The first-order chi connectivity index (χ1) is 7.86. The Hall–Kier alpha value is -0.610. The Morgan fingerprint density at radius 3 is 2.81 bits per heavy atom. The second-order valence-corrected chi connectivity index (χ2v) is 5.66. The average molecular weight is 237 g/mol. The van der Waals surface area contributed by atoms with E-state index in [1.165, 1.54) is 32.1 Å². The number of nitrogens with zero attached hydrogens (tertiary/aromatic N) is 2. The molecule has 1 aromatic heterocycles. The van der Waals surface area contributed by atoms with E-state index in [2.05, 4.69) is 9.97 Å². The van der Waals surface area contributed by atoms with Gasteiger partial charge in [-0.1, -0.05) is 19.3 Å². The molecule has 0 bridgehead atoms. The van der Waals surface area contributed by atoms with Gasteiger partial charge in [-0.3, -0.25) is 9.97 Å². The highest BCUT2D eigenvalue weighted by Crippen LogP contribution is 2.29. The summed E-state index contributed by atoms with van der Waals surface area (Å²) in [4.78, 5) is 8.29. The number of nitrogens with two attached hydrogens (primary N) is 1. The maximum Gasteiger partial charge on any atom is 0.0762 e. The lowest BCUT2D eigenvalue weighted by Crippen LogP contribution is -2.18. The second kappa shape index (κ2) is 6.21. The molecule has 3 nitrogen and oxygen atoms in total. The van der Waals surface area contributed by atoms with Crippen LogP contribution >= 0.6 is 11.8 Å². The molecule has 1 fully saturated rings. The van der Waals surface area contributed by atoms with Crippen LogP contribution in [-0.4, -0.2) is 21.0 Å². The number of thioether (sulfide) groups is 1. The predicted octanol–water partition coefficient (Wildman–Crippen LogP) is 2.54. The van der Waals surface area contributed by atoms with Gasteiger partial charge in [-0.2, -0.15) is 11.8 Å². The summed E-state index contributed by atoms with van der Waals surface area (Å²) in [7, 11) is 0. The Morgan fingerprint density at radius 1 is 1.31 bits per heavy atom. The summed E-state index contributed by atoms with van der Waals surface area (Å²) in [5.74, 6) is 0.962. The Labute approximate surface area is 101 Å². The minimum atomic E-state index is 0.0284. The van der Waals surface area contributed by atoms with Crippen LogP contribution in [0, 0.1) is 0 Å². The van der Waals surface area contributed by atoms with Crippen molar-refractivity contribution in [3.05, 3.63) is 24.3 Å². The molecule has 0 saturated heterocycles. The quantitative estimate of drug-likeness (QED) is 0.874. The summed E-state index contributed by atoms with van der Waals surface area (Å²) in [6.45, 7) is 0. The lowest BCUT2D eigenvalue weighted by atomic mass is 10.0. The second-order valence-electron chi connectivity index (χ2n) is 4.33. The molecule has 1 aromatic rings. The van der Waals surface area contributed by atoms with Crippen LogP contribution in [0.1, 0.15) is 43.8 Å². The van der Waals surface area contributed by atoms with Gasteiger partial charge in [-0.05, 0) is 12.8 Å². The lowest BCUT2D eigenvalue weighted by Gasteiger charge is -2.22.